The Bertz CT molecular complexity index is 1060. The molecule has 1 aromatic heterocycles. The summed E-state index contributed by atoms with van der Waals surface area (Å²) in [5, 5.41) is 7.32. The maximum atomic E-state index is 13.1. The molecule has 0 radical (unpaired) electrons. The summed E-state index contributed by atoms with van der Waals surface area (Å²) >= 11 is 0. The van der Waals surface area contributed by atoms with Gasteiger partial charge >= 0.3 is 6.09 Å². The number of carbonyl (C=O) groups excluding carboxylic acids is 2. The molecule has 1 aliphatic carbocycles. The number of hydrogen-bond acceptors (Lipinski definition) is 8. The van der Waals surface area contributed by atoms with Gasteiger partial charge in [-0.05, 0) is 58.2 Å². The molecule has 1 aliphatic heterocycles. The Morgan fingerprint density at radius 3 is 2.68 bits per heavy atom. The van der Waals surface area contributed by atoms with E-state index in [1.54, 1.807) is 0 Å². The Morgan fingerprint density at radius 2 is 1.97 bits per heavy atom. The number of aromatic nitrogens is 2. The van der Waals surface area contributed by atoms with E-state index < -0.39 is 11.7 Å². The number of amides is 2. The molecule has 3 N–H and O–H groups in total. The van der Waals surface area contributed by atoms with Crippen molar-refractivity contribution in [2.24, 2.45) is 0 Å². The second kappa shape index (κ2) is 9.74. The minimum Gasteiger partial charge on any atom is -0.456 e. The fourth-order valence-corrected chi connectivity index (χ4v) is 4.05. The monoisotopic (exact) mass is 468 g/mol. The molecule has 0 spiro atoms. The van der Waals surface area contributed by atoms with Gasteiger partial charge in [-0.15, -0.1) is 0 Å². The summed E-state index contributed by atoms with van der Waals surface area (Å²) in [6.45, 7) is 7.47. The van der Waals surface area contributed by atoms with Crippen molar-refractivity contribution in [2.75, 3.05) is 17.5 Å². The summed E-state index contributed by atoms with van der Waals surface area (Å²) in [6.07, 6.45) is 4.41. The zero-order chi connectivity index (χ0) is 24.3. The number of fused-ring (bicyclic) bond motifs is 1. The van der Waals surface area contributed by atoms with E-state index in [-0.39, 0.29) is 41.9 Å². The van der Waals surface area contributed by atoms with Gasteiger partial charge in [-0.2, -0.15) is 9.97 Å². The van der Waals surface area contributed by atoms with E-state index in [9.17, 15) is 9.59 Å². The molecule has 10 heteroatoms. The highest BCUT2D eigenvalue weighted by Crippen LogP contribution is 2.31. The number of rotatable bonds is 5. The lowest BCUT2D eigenvalue weighted by molar-refractivity contribution is 0.0183. The zero-order valence-electron chi connectivity index (χ0n) is 20.1. The van der Waals surface area contributed by atoms with Crippen molar-refractivity contribution in [3.05, 3.63) is 35.4 Å². The average Bonchev–Trinajstić information content (AvgIpc) is 2.77. The summed E-state index contributed by atoms with van der Waals surface area (Å²) in [4.78, 5) is 34.6. The van der Waals surface area contributed by atoms with Crippen LogP contribution >= 0.6 is 0 Å². The van der Waals surface area contributed by atoms with Gasteiger partial charge in [0.05, 0.1) is 6.04 Å². The smallest absolute Gasteiger partial charge is 0.429 e. The van der Waals surface area contributed by atoms with E-state index in [1.807, 2.05) is 52.0 Å². The fourth-order valence-electron chi connectivity index (χ4n) is 4.05. The fraction of sp³-hybridized carbons (Fsp3) is 0.500. The average molecular weight is 469 g/mol. The first kappa shape index (κ1) is 23.6. The molecule has 2 aliphatic rings. The predicted octanol–water partition coefficient (Wildman–Crippen LogP) is 4.51. The van der Waals surface area contributed by atoms with Crippen LogP contribution in [0.5, 0.6) is 5.88 Å². The van der Waals surface area contributed by atoms with Crippen molar-refractivity contribution < 1.29 is 19.1 Å². The molecule has 0 atom stereocenters. The lowest BCUT2D eigenvalue weighted by atomic mass is 9.95. The molecule has 0 saturated heterocycles. The molecule has 34 heavy (non-hydrogen) atoms. The van der Waals surface area contributed by atoms with E-state index in [4.69, 9.17) is 9.47 Å². The minimum absolute atomic E-state index is 0.00454. The SMILES string of the molecule is Cc1cccc(Nc2nc(NN(C(=O)OC(C)(C)C)C3CCCCC3)nc3c2C(=O)NCO3)c1. The summed E-state index contributed by atoms with van der Waals surface area (Å²) in [6, 6.07) is 7.66. The number of hydrogen-bond donors (Lipinski definition) is 3. The van der Waals surface area contributed by atoms with Crippen LogP contribution in [0.2, 0.25) is 0 Å². The van der Waals surface area contributed by atoms with Crippen LogP contribution in [0.25, 0.3) is 0 Å². The number of nitrogens with one attached hydrogen (secondary N) is 3. The second-order valence-corrected chi connectivity index (χ2v) is 9.62. The van der Waals surface area contributed by atoms with Crippen molar-refractivity contribution in [3.63, 3.8) is 0 Å². The first-order valence-corrected chi connectivity index (χ1v) is 11.7. The Hall–Kier alpha value is -3.56. The maximum Gasteiger partial charge on any atom is 0.429 e. The lowest BCUT2D eigenvalue weighted by Crippen LogP contribution is -2.48. The van der Waals surface area contributed by atoms with Crippen LogP contribution in [0, 0.1) is 6.92 Å². The molecule has 2 amide bonds. The standard InChI is InChI=1S/C24H32N6O4/c1-15-9-8-10-16(13-15)26-19-18-20(31)25-14-33-21(18)28-22(27-19)29-30(17-11-6-5-7-12-17)23(32)34-24(2,3)4/h8-10,13,17H,5-7,11-12,14H2,1-4H3,(H,25,31)(H2,26,27,28,29). The normalized spacial score (nSPS) is 16.1. The molecular formula is C24H32N6O4. The van der Waals surface area contributed by atoms with E-state index >= 15 is 0 Å². The Kier molecular flexibility index (Phi) is 6.76. The molecule has 0 unspecified atom stereocenters. The summed E-state index contributed by atoms with van der Waals surface area (Å²) in [7, 11) is 0. The van der Waals surface area contributed by atoms with Crippen molar-refractivity contribution >= 4 is 29.5 Å². The van der Waals surface area contributed by atoms with Gasteiger partial charge in [-0.1, -0.05) is 31.4 Å². The second-order valence-electron chi connectivity index (χ2n) is 9.62. The van der Waals surface area contributed by atoms with Crippen molar-refractivity contribution in [1.82, 2.24) is 20.3 Å². The van der Waals surface area contributed by atoms with Crippen LogP contribution in [-0.2, 0) is 4.74 Å². The van der Waals surface area contributed by atoms with Gasteiger partial charge in [0.15, 0.2) is 12.5 Å². The molecule has 2 aromatic rings. The molecule has 0 bridgehead atoms. The Labute approximate surface area is 199 Å². The molecule has 1 saturated carbocycles. The molecule has 2 heterocycles. The van der Waals surface area contributed by atoms with E-state index in [0.29, 0.717) is 0 Å². The zero-order valence-corrected chi connectivity index (χ0v) is 20.1. The van der Waals surface area contributed by atoms with Gasteiger partial charge in [-0.3, -0.25) is 10.2 Å². The lowest BCUT2D eigenvalue weighted by Gasteiger charge is -2.35. The summed E-state index contributed by atoms with van der Waals surface area (Å²) < 4.78 is 11.3. The quantitative estimate of drug-likeness (QED) is 0.549. The van der Waals surface area contributed by atoms with Crippen molar-refractivity contribution in [2.45, 2.75) is 71.4 Å². The first-order valence-electron chi connectivity index (χ1n) is 11.7. The number of hydrazine groups is 1. The van der Waals surface area contributed by atoms with Crippen LogP contribution in [0.4, 0.5) is 22.2 Å². The highest BCUT2D eigenvalue weighted by atomic mass is 16.6. The van der Waals surface area contributed by atoms with Crippen LogP contribution in [0.3, 0.4) is 0 Å². The molecular weight excluding hydrogens is 436 g/mol. The van der Waals surface area contributed by atoms with Crippen LogP contribution in [0.1, 0.15) is 68.8 Å². The van der Waals surface area contributed by atoms with Gasteiger partial charge in [0, 0.05) is 5.69 Å². The first-order chi connectivity index (χ1) is 16.2. The molecule has 182 valence electrons. The van der Waals surface area contributed by atoms with E-state index in [1.165, 1.54) is 5.01 Å². The number of nitrogens with zero attached hydrogens (tertiary/aromatic N) is 3. The van der Waals surface area contributed by atoms with Gasteiger partial charge in [0.1, 0.15) is 11.2 Å². The number of aryl methyl sites for hydroxylation is 1. The largest absolute Gasteiger partial charge is 0.456 e. The predicted molar refractivity (Wildman–Crippen MR) is 128 cm³/mol. The van der Waals surface area contributed by atoms with Crippen LogP contribution in [-0.4, -0.2) is 45.4 Å². The van der Waals surface area contributed by atoms with Crippen LogP contribution < -0.4 is 20.8 Å². The van der Waals surface area contributed by atoms with Gasteiger partial charge in [0.25, 0.3) is 5.91 Å². The summed E-state index contributed by atoms with van der Waals surface area (Å²) in [5.74, 6) is 0.228. The van der Waals surface area contributed by atoms with Crippen LogP contribution in [0.15, 0.2) is 24.3 Å². The molecule has 4 rings (SSSR count). The number of anilines is 3. The Morgan fingerprint density at radius 1 is 1.21 bits per heavy atom. The number of benzene rings is 1. The molecule has 1 fully saturated rings. The van der Waals surface area contributed by atoms with Gasteiger partial charge in [-0.25, -0.2) is 9.80 Å². The van der Waals surface area contributed by atoms with E-state index in [2.05, 4.69) is 26.0 Å². The highest BCUT2D eigenvalue weighted by molar-refractivity contribution is 6.02. The maximum absolute atomic E-state index is 13.1. The number of carbonyl (C=O) groups is 2. The Balaban J connectivity index is 1.68. The van der Waals surface area contributed by atoms with Crippen molar-refractivity contribution in [1.29, 1.82) is 0 Å². The van der Waals surface area contributed by atoms with Gasteiger partial charge in [0.2, 0.25) is 11.8 Å². The summed E-state index contributed by atoms with van der Waals surface area (Å²) in [5.41, 5.74) is 4.44. The minimum atomic E-state index is -0.651. The van der Waals surface area contributed by atoms with E-state index in [0.717, 1.165) is 43.4 Å². The topological polar surface area (TPSA) is 118 Å². The third kappa shape index (κ3) is 5.67. The number of ether oxygens (including phenoxy) is 2. The molecule has 10 nitrogen and oxygen atoms in total. The highest BCUT2D eigenvalue weighted by Gasteiger charge is 2.32. The third-order valence-corrected chi connectivity index (χ3v) is 5.58. The third-order valence-electron chi connectivity index (χ3n) is 5.58. The van der Waals surface area contributed by atoms with Gasteiger partial charge < -0.3 is 20.1 Å². The van der Waals surface area contributed by atoms with Crippen molar-refractivity contribution in [3.8, 4) is 5.88 Å². The molecule has 1 aromatic carbocycles.